The Morgan fingerprint density at radius 2 is 1.87 bits per heavy atom. The van der Waals surface area contributed by atoms with Gasteiger partial charge < -0.3 is 5.32 Å². The van der Waals surface area contributed by atoms with Crippen molar-refractivity contribution in [3.8, 4) is 0 Å². The number of hydrogen-bond donors (Lipinski definition) is 2. The van der Waals surface area contributed by atoms with Crippen molar-refractivity contribution in [2.24, 2.45) is 14.1 Å². The van der Waals surface area contributed by atoms with Gasteiger partial charge in [0.25, 0.3) is 11.5 Å². The number of hydrogen-bond acceptors (Lipinski definition) is 5. The van der Waals surface area contributed by atoms with Crippen LogP contribution in [0, 0.1) is 0 Å². The minimum Gasteiger partial charge on any atom is -0.315 e. The van der Waals surface area contributed by atoms with E-state index in [0.29, 0.717) is 16.6 Å². The molecule has 118 valence electrons. The largest absolute Gasteiger partial charge is 0.331 e. The first kappa shape index (κ1) is 15.2. The van der Waals surface area contributed by atoms with Crippen LogP contribution in [0.1, 0.15) is 10.4 Å². The van der Waals surface area contributed by atoms with Crippen molar-refractivity contribution in [1.29, 1.82) is 0 Å². The minimum atomic E-state index is -0.601. The second kappa shape index (κ2) is 5.47. The van der Waals surface area contributed by atoms with Gasteiger partial charge >= 0.3 is 5.69 Å². The maximum Gasteiger partial charge on any atom is 0.331 e. The number of benzene rings is 1. The lowest BCUT2D eigenvalue weighted by atomic mass is 10.2. The first-order valence-corrected chi connectivity index (χ1v) is 7.27. The van der Waals surface area contributed by atoms with Crippen molar-refractivity contribution in [3.63, 3.8) is 0 Å². The number of amides is 1. The lowest BCUT2D eigenvalue weighted by Crippen LogP contribution is -2.39. The fraction of sp³-hybridized carbons (Fsp3) is 0.154. The fourth-order valence-electron chi connectivity index (χ4n) is 2.09. The van der Waals surface area contributed by atoms with E-state index in [2.05, 4.69) is 36.7 Å². The third-order valence-corrected chi connectivity index (χ3v) is 4.34. The molecule has 23 heavy (non-hydrogen) atoms. The third-order valence-electron chi connectivity index (χ3n) is 3.41. The van der Waals surface area contributed by atoms with Gasteiger partial charge in [0, 0.05) is 19.7 Å². The summed E-state index contributed by atoms with van der Waals surface area (Å²) < 4.78 is 2.33. The van der Waals surface area contributed by atoms with Gasteiger partial charge in [0.05, 0.1) is 0 Å². The van der Waals surface area contributed by atoms with E-state index in [1.807, 2.05) is 0 Å². The molecule has 2 aromatic heterocycles. The predicted octanol–water partition coefficient (Wildman–Crippen LogP) is 0.370. The van der Waals surface area contributed by atoms with Gasteiger partial charge in [0.1, 0.15) is 21.3 Å². The first-order valence-electron chi connectivity index (χ1n) is 6.47. The van der Waals surface area contributed by atoms with E-state index in [1.165, 1.54) is 18.7 Å². The number of carbonyl (C=O) groups excluding carboxylic acids is 1. The Morgan fingerprint density at radius 1 is 1.17 bits per heavy atom. The lowest BCUT2D eigenvalue weighted by Gasteiger charge is -2.11. The van der Waals surface area contributed by atoms with E-state index >= 15 is 0 Å². The third kappa shape index (κ3) is 2.46. The molecule has 3 rings (SSSR count). The summed E-state index contributed by atoms with van der Waals surface area (Å²) in [6.45, 7) is 0. The molecule has 9 nitrogen and oxygen atoms in total. The number of aromatic nitrogens is 5. The van der Waals surface area contributed by atoms with Crippen LogP contribution in [0.5, 0.6) is 0 Å². The van der Waals surface area contributed by atoms with E-state index in [0.717, 1.165) is 4.57 Å². The SMILES string of the molecule is Cn1c(Br)c(NC(=O)c2ccc3n[nH]nc3c2)c(=O)n(C)c1=O. The number of nitrogens with one attached hydrogen (secondary N) is 2. The zero-order valence-electron chi connectivity index (χ0n) is 12.1. The summed E-state index contributed by atoms with van der Waals surface area (Å²) in [4.78, 5) is 36.3. The van der Waals surface area contributed by atoms with Crippen LogP contribution < -0.4 is 16.6 Å². The van der Waals surface area contributed by atoms with Gasteiger partial charge in [0.2, 0.25) is 0 Å². The van der Waals surface area contributed by atoms with E-state index in [4.69, 9.17) is 0 Å². The lowest BCUT2D eigenvalue weighted by molar-refractivity contribution is 0.102. The molecule has 0 aliphatic heterocycles. The van der Waals surface area contributed by atoms with Crippen molar-refractivity contribution >= 4 is 38.6 Å². The Kier molecular flexibility index (Phi) is 3.60. The summed E-state index contributed by atoms with van der Waals surface area (Å²) in [6, 6.07) is 4.76. The van der Waals surface area contributed by atoms with Crippen molar-refractivity contribution in [3.05, 3.63) is 49.2 Å². The molecule has 1 amide bonds. The molecule has 2 N–H and O–H groups in total. The summed E-state index contributed by atoms with van der Waals surface area (Å²) in [5.74, 6) is -0.494. The topological polar surface area (TPSA) is 115 Å². The highest BCUT2D eigenvalue weighted by molar-refractivity contribution is 9.10. The second-order valence-corrected chi connectivity index (χ2v) is 5.60. The van der Waals surface area contributed by atoms with Crippen molar-refractivity contribution in [2.75, 3.05) is 5.32 Å². The number of carbonyl (C=O) groups is 1. The van der Waals surface area contributed by atoms with E-state index in [9.17, 15) is 14.4 Å². The minimum absolute atomic E-state index is 0.0140. The maximum absolute atomic E-state index is 12.4. The highest BCUT2D eigenvalue weighted by Crippen LogP contribution is 2.17. The summed E-state index contributed by atoms with van der Waals surface area (Å²) in [5, 5.41) is 12.8. The Morgan fingerprint density at radius 3 is 2.61 bits per heavy atom. The number of fused-ring (bicyclic) bond motifs is 1. The summed E-state index contributed by atoms with van der Waals surface area (Å²) in [5.41, 5.74) is 0.361. The van der Waals surface area contributed by atoms with Gasteiger partial charge in [0.15, 0.2) is 0 Å². The predicted molar refractivity (Wildman–Crippen MR) is 86.5 cm³/mol. The molecule has 3 aromatic rings. The summed E-state index contributed by atoms with van der Waals surface area (Å²) in [6.07, 6.45) is 0. The molecule has 0 aliphatic carbocycles. The number of rotatable bonds is 2. The van der Waals surface area contributed by atoms with Gasteiger partial charge in [-0.15, -0.1) is 0 Å². The molecule has 0 saturated carbocycles. The highest BCUT2D eigenvalue weighted by atomic mass is 79.9. The monoisotopic (exact) mass is 378 g/mol. The average Bonchev–Trinajstić information content (AvgIpc) is 3.02. The van der Waals surface area contributed by atoms with Crippen LogP contribution >= 0.6 is 15.9 Å². The smallest absolute Gasteiger partial charge is 0.315 e. The molecule has 0 fully saturated rings. The normalized spacial score (nSPS) is 10.9. The molecule has 0 bridgehead atoms. The zero-order valence-corrected chi connectivity index (χ0v) is 13.7. The van der Waals surface area contributed by atoms with Crippen LogP contribution in [-0.2, 0) is 14.1 Å². The Bertz CT molecular complexity index is 1050. The van der Waals surface area contributed by atoms with Crippen molar-refractivity contribution in [2.45, 2.75) is 0 Å². The van der Waals surface area contributed by atoms with Gasteiger partial charge in [-0.05, 0) is 34.1 Å². The Balaban J connectivity index is 2.03. The molecule has 0 saturated heterocycles. The molecular weight excluding hydrogens is 368 g/mol. The van der Waals surface area contributed by atoms with Gasteiger partial charge in [-0.3, -0.25) is 18.7 Å². The van der Waals surface area contributed by atoms with Gasteiger partial charge in [-0.2, -0.15) is 15.4 Å². The summed E-state index contributed by atoms with van der Waals surface area (Å²) >= 11 is 3.16. The average molecular weight is 379 g/mol. The quantitative estimate of drug-likeness (QED) is 0.625. The molecular formula is C13H11BrN6O3. The van der Waals surface area contributed by atoms with Crippen LogP contribution in [0.2, 0.25) is 0 Å². The molecule has 10 heteroatoms. The number of aromatic amines is 1. The molecule has 0 atom stereocenters. The van der Waals surface area contributed by atoms with Crippen LogP contribution in [0.15, 0.2) is 32.4 Å². The molecule has 0 radical (unpaired) electrons. The highest BCUT2D eigenvalue weighted by Gasteiger charge is 2.17. The van der Waals surface area contributed by atoms with Crippen LogP contribution in [0.25, 0.3) is 11.0 Å². The Labute approximate surface area is 137 Å². The maximum atomic E-state index is 12.4. The number of nitrogens with zero attached hydrogens (tertiary/aromatic N) is 4. The van der Waals surface area contributed by atoms with Gasteiger partial charge in [-0.1, -0.05) is 0 Å². The summed E-state index contributed by atoms with van der Waals surface area (Å²) in [7, 11) is 2.83. The fourth-order valence-corrected chi connectivity index (χ4v) is 2.51. The zero-order chi connectivity index (χ0) is 16.7. The van der Waals surface area contributed by atoms with Crippen LogP contribution in [0.4, 0.5) is 5.69 Å². The molecule has 0 spiro atoms. The van der Waals surface area contributed by atoms with Gasteiger partial charge in [-0.25, -0.2) is 4.79 Å². The number of H-pyrrole nitrogens is 1. The van der Waals surface area contributed by atoms with E-state index in [-0.39, 0.29) is 10.3 Å². The first-order chi connectivity index (χ1) is 10.9. The van der Waals surface area contributed by atoms with Crippen LogP contribution in [-0.4, -0.2) is 30.5 Å². The van der Waals surface area contributed by atoms with Crippen molar-refractivity contribution in [1.82, 2.24) is 24.5 Å². The molecule has 0 aliphatic rings. The molecule has 2 heterocycles. The molecule has 1 aromatic carbocycles. The standard InChI is InChI=1S/C13H11BrN6O3/c1-19-10(14)9(12(22)20(2)13(19)23)15-11(21)6-3-4-7-8(5-6)17-18-16-7/h3-5H,1-2H3,(H,15,21)(H,16,17,18). The second-order valence-electron chi connectivity index (χ2n) is 4.85. The Hall–Kier alpha value is -2.75. The van der Waals surface area contributed by atoms with Crippen LogP contribution in [0.3, 0.4) is 0 Å². The number of halogens is 1. The number of anilines is 1. The van der Waals surface area contributed by atoms with Crippen molar-refractivity contribution < 1.29 is 4.79 Å². The molecule has 0 unspecified atom stereocenters. The van der Waals surface area contributed by atoms with E-state index < -0.39 is 17.2 Å². The van der Waals surface area contributed by atoms with E-state index in [1.54, 1.807) is 18.2 Å².